The summed E-state index contributed by atoms with van der Waals surface area (Å²) in [7, 11) is 0. The molecule has 0 aliphatic rings. The molecule has 0 aromatic rings. The third-order valence-corrected chi connectivity index (χ3v) is 1.77. The van der Waals surface area contributed by atoms with E-state index in [0.29, 0.717) is 12.1 Å². The zero-order chi connectivity index (χ0) is 10.1. The summed E-state index contributed by atoms with van der Waals surface area (Å²) < 4.78 is 5.58. The van der Waals surface area contributed by atoms with Crippen LogP contribution in [0.25, 0.3) is 0 Å². The Morgan fingerprint density at radius 3 is 2.62 bits per heavy atom. The van der Waals surface area contributed by atoms with E-state index < -0.39 is 0 Å². The average Bonchev–Trinajstić information content (AvgIpc) is 2.09. The molecule has 0 bridgehead atoms. The van der Waals surface area contributed by atoms with Crippen LogP contribution in [0.4, 0.5) is 0 Å². The van der Waals surface area contributed by atoms with Crippen LogP contribution in [0.5, 0.6) is 0 Å². The molecule has 0 aliphatic heterocycles. The summed E-state index contributed by atoms with van der Waals surface area (Å²) in [4.78, 5) is 0. The molecule has 0 aromatic carbocycles. The minimum Gasteiger partial charge on any atom is -0.377 e. The van der Waals surface area contributed by atoms with Crippen LogP contribution in [0.1, 0.15) is 33.6 Å². The Kier molecular flexibility index (Phi) is 8.05. The third-order valence-electron chi connectivity index (χ3n) is 1.77. The van der Waals surface area contributed by atoms with Crippen molar-refractivity contribution < 1.29 is 4.74 Å². The van der Waals surface area contributed by atoms with E-state index in [2.05, 4.69) is 32.7 Å². The van der Waals surface area contributed by atoms with Gasteiger partial charge in [-0.05, 0) is 19.8 Å². The molecule has 78 valence electrons. The van der Waals surface area contributed by atoms with Crippen LogP contribution < -0.4 is 5.32 Å². The highest BCUT2D eigenvalue weighted by Crippen LogP contribution is 1.95. The second-order valence-electron chi connectivity index (χ2n) is 3.68. The van der Waals surface area contributed by atoms with Gasteiger partial charge < -0.3 is 10.1 Å². The summed E-state index contributed by atoms with van der Waals surface area (Å²) in [5, 5.41) is 3.34. The Hall–Kier alpha value is -0.340. The van der Waals surface area contributed by atoms with Gasteiger partial charge >= 0.3 is 0 Å². The fourth-order valence-electron chi connectivity index (χ4n) is 0.973. The van der Waals surface area contributed by atoms with Gasteiger partial charge in [0.15, 0.2) is 0 Å². The van der Waals surface area contributed by atoms with Gasteiger partial charge in [-0.1, -0.05) is 19.9 Å². The molecule has 0 amide bonds. The van der Waals surface area contributed by atoms with Crippen molar-refractivity contribution in [1.29, 1.82) is 0 Å². The van der Waals surface area contributed by atoms with Crippen molar-refractivity contribution in [2.75, 3.05) is 13.2 Å². The second kappa shape index (κ2) is 8.27. The van der Waals surface area contributed by atoms with E-state index in [1.807, 2.05) is 6.08 Å². The molecule has 1 N–H and O–H groups in total. The van der Waals surface area contributed by atoms with Crippen molar-refractivity contribution in [3.05, 3.63) is 12.7 Å². The molecular weight excluding hydrogens is 162 g/mol. The maximum Gasteiger partial charge on any atom is 0.0671 e. The predicted molar refractivity (Wildman–Crippen MR) is 58.0 cm³/mol. The summed E-state index contributed by atoms with van der Waals surface area (Å²) in [5.74, 6) is 0. The van der Waals surface area contributed by atoms with E-state index in [4.69, 9.17) is 4.74 Å². The average molecular weight is 185 g/mol. The molecule has 0 spiro atoms. The summed E-state index contributed by atoms with van der Waals surface area (Å²) in [5.41, 5.74) is 0. The summed E-state index contributed by atoms with van der Waals surface area (Å²) >= 11 is 0. The van der Waals surface area contributed by atoms with E-state index in [1.165, 1.54) is 0 Å². The van der Waals surface area contributed by atoms with E-state index in [0.717, 1.165) is 26.0 Å². The van der Waals surface area contributed by atoms with Crippen LogP contribution in [-0.4, -0.2) is 25.3 Å². The molecular formula is C11H23NO. The lowest BCUT2D eigenvalue weighted by Gasteiger charge is -2.15. The molecule has 2 nitrogen and oxygen atoms in total. The number of ether oxygens (including phenoxy) is 1. The lowest BCUT2D eigenvalue weighted by molar-refractivity contribution is 0.0634. The number of hydrogen-bond acceptors (Lipinski definition) is 2. The zero-order valence-corrected chi connectivity index (χ0v) is 9.18. The number of allylic oxidation sites excluding steroid dienone is 1. The largest absolute Gasteiger partial charge is 0.377 e. The fourth-order valence-corrected chi connectivity index (χ4v) is 0.973. The maximum atomic E-state index is 5.58. The first-order valence-corrected chi connectivity index (χ1v) is 5.12. The van der Waals surface area contributed by atoms with E-state index in [1.54, 1.807) is 0 Å². The SMILES string of the molecule is C=CCCCOC(C)CNC(C)C. The highest BCUT2D eigenvalue weighted by molar-refractivity contribution is 4.65. The Labute approximate surface area is 82.4 Å². The predicted octanol–water partition coefficient (Wildman–Crippen LogP) is 2.36. The van der Waals surface area contributed by atoms with Gasteiger partial charge in [0, 0.05) is 19.2 Å². The molecule has 0 saturated carbocycles. The molecule has 0 aliphatic carbocycles. The van der Waals surface area contributed by atoms with Crippen LogP contribution in [0.3, 0.4) is 0 Å². The van der Waals surface area contributed by atoms with Gasteiger partial charge in [0.1, 0.15) is 0 Å². The topological polar surface area (TPSA) is 21.3 Å². The van der Waals surface area contributed by atoms with Crippen LogP contribution in [-0.2, 0) is 4.74 Å². The summed E-state index contributed by atoms with van der Waals surface area (Å²) in [6.45, 7) is 11.8. The highest BCUT2D eigenvalue weighted by atomic mass is 16.5. The molecule has 0 saturated heterocycles. The van der Waals surface area contributed by atoms with E-state index in [9.17, 15) is 0 Å². The van der Waals surface area contributed by atoms with Crippen molar-refractivity contribution in [2.24, 2.45) is 0 Å². The minimum absolute atomic E-state index is 0.312. The van der Waals surface area contributed by atoms with Gasteiger partial charge in [-0.25, -0.2) is 0 Å². The molecule has 2 heteroatoms. The van der Waals surface area contributed by atoms with Crippen molar-refractivity contribution >= 4 is 0 Å². The standard InChI is InChI=1S/C11H23NO/c1-5-6-7-8-13-11(4)9-12-10(2)3/h5,10-12H,1,6-9H2,2-4H3. The monoisotopic (exact) mass is 185 g/mol. The van der Waals surface area contributed by atoms with Crippen molar-refractivity contribution in [3.8, 4) is 0 Å². The molecule has 0 rings (SSSR count). The van der Waals surface area contributed by atoms with Crippen molar-refractivity contribution in [1.82, 2.24) is 5.32 Å². The molecule has 0 aromatic heterocycles. The third kappa shape index (κ3) is 9.57. The molecule has 0 heterocycles. The van der Waals surface area contributed by atoms with Crippen LogP contribution >= 0.6 is 0 Å². The lowest BCUT2D eigenvalue weighted by atomic mass is 10.3. The smallest absolute Gasteiger partial charge is 0.0671 e. The van der Waals surface area contributed by atoms with Gasteiger partial charge in [0.2, 0.25) is 0 Å². The van der Waals surface area contributed by atoms with Crippen LogP contribution in [0.2, 0.25) is 0 Å². The van der Waals surface area contributed by atoms with Crippen LogP contribution in [0.15, 0.2) is 12.7 Å². The highest BCUT2D eigenvalue weighted by Gasteiger charge is 2.01. The molecule has 1 atom stereocenters. The minimum atomic E-state index is 0.312. The quantitative estimate of drug-likeness (QED) is 0.463. The molecule has 0 fully saturated rings. The maximum absolute atomic E-state index is 5.58. The van der Waals surface area contributed by atoms with Crippen LogP contribution in [0, 0.1) is 0 Å². The Morgan fingerprint density at radius 1 is 1.38 bits per heavy atom. The van der Waals surface area contributed by atoms with E-state index in [-0.39, 0.29) is 0 Å². The number of hydrogen-bond donors (Lipinski definition) is 1. The lowest BCUT2D eigenvalue weighted by Crippen LogP contribution is -2.32. The Morgan fingerprint density at radius 2 is 2.08 bits per heavy atom. The van der Waals surface area contributed by atoms with Gasteiger partial charge in [-0.15, -0.1) is 6.58 Å². The normalized spacial score (nSPS) is 13.2. The summed E-state index contributed by atoms with van der Waals surface area (Å²) in [6, 6.07) is 0.541. The van der Waals surface area contributed by atoms with Crippen molar-refractivity contribution in [3.63, 3.8) is 0 Å². The Bertz CT molecular complexity index is 123. The second-order valence-corrected chi connectivity index (χ2v) is 3.68. The summed E-state index contributed by atoms with van der Waals surface area (Å²) in [6.07, 6.45) is 4.37. The van der Waals surface area contributed by atoms with E-state index >= 15 is 0 Å². The Balaban J connectivity index is 3.19. The van der Waals surface area contributed by atoms with Gasteiger partial charge in [0.05, 0.1) is 6.10 Å². The first-order valence-electron chi connectivity index (χ1n) is 5.12. The molecule has 0 radical (unpaired) electrons. The fraction of sp³-hybridized carbons (Fsp3) is 0.818. The van der Waals surface area contributed by atoms with Crippen molar-refractivity contribution in [2.45, 2.75) is 45.8 Å². The number of nitrogens with one attached hydrogen (secondary N) is 1. The molecule has 13 heavy (non-hydrogen) atoms. The first-order chi connectivity index (χ1) is 6.16. The zero-order valence-electron chi connectivity index (χ0n) is 9.18. The number of rotatable bonds is 8. The first kappa shape index (κ1) is 12.7. The van der Waals surface area contributed by atoms with Gasteiger partial charge in [-0.2, -0.15) is 0 Å². The van der Waals surface area contributed by atoms with Gasteiger partial charge in [0.25, 0.3) is 0 Å². The van der Waals surface area contributed by atoms with Gasteiger partial charge in [-0.3, -0.25) is 0 Å². The number of unbranched alkanes of at least 4 members (excludes halogenated alkanes) is 1. The molecule has 1 unspecified atom stereocenters.